The zero-order valence-electron chi connectivity index (χ0n) is 17.8. The molecule has 4 aromatic rings. The van der Waals surface area contributed by atoms with E-state index >= 15 is 0 Å². The van der Waals surface area contributed by atoms with Crippen LogP contribution in [0.25, 0.3) is 10.9 Å². The third kappa shape index (κ3) is 3.87. The molecule has 2 N–H and O–H groups in total. The lowest BCUT2D eigenvalue weighted by Gasteiger charge is -2.18. The van der Waals surface area contributed by atoms with Crippen molar-refractivity contribution in [3.63, 3.8) is 0 Å². The number of benzene rings is 3. The van der Waals surface area contributed by atoms with Gasteiger partial charge in [-0.2, -0.15) is 0 Å². The van der Waals surface area contributed by atoms with E-state index in [0.717, 1.165) is 39.1 Å². The third-order valence-corrected chi connectivity index (χ3v) is 5.81. The second-order valence-electron chi connectivity index (χ2n) is 7.76. The zero-order valence-corrected chi connectivity index (χ0v) is 17.8. The highest BCUT2D eigenvalue weighted by Gasteiger charge is 2.25. The molecule has 162 valence electrons. The van der Waals surface area contributed by atoms with Crippen molar-refractivity contribution >= 4 is 16.8 Å². The Morgan fingerprint density at radius 1 is 1.06 bits per heavy atom. The van der Waals surface area contributed by atoms with E-state index in [4.69, 9.17) is 14.2 Å². The van der Waals surface area contributed by atoms with Gasteiger partial charge in [0.1, 0.15) is 5.75 Å². The molecule has 0 fully saturated rings. The molecule has 3 aromatic carbocycles. The fourth-order valence-corrected chi connectivity index (χ4v) is 4.21. The molecule has 0 saturated carbocycles. The first-order valence-electron chi connectivity index (χ1n) is 10.6. The van der Waals surface area contributed by atoms with E-state index in [1.54, 1.807) is 7.11 Å². The summed E-state index contributed by atoms with van der Waals surface area (Å²) >= 11 is 0. The summed E-state index contributed by atoms with van der Waals surface area (Å²) in [7, 11) is 1.66. The number of carbonyl (C=O) groups is 1. The summed E-state index contributed by atoms with van der Waals surface area (Å²) in [6.07, 6.45) is 2.25. The van der Waals surface area contributed by atoms with Crippen molar-refractivity contribution in [1.29, 1.82) is 0 Å². The van der Waals surface area contributed by atoms with Crippen LogP contribution < -0.4 is 19.5 Å². The van der Waals surface area contributed by atoms with Gasteiger partial charge in [0.15, 0.2) is 11.5 Å². The fourth-order valence-electron chi connectivity index (χ4n) is 4.21. The highest BCUT2D eigenvalue weighted by atomic mass is 16.7. The number of carbonyl (C=O) groups excluding carboxylic acids is 1. The lowest BCUT2D eigenvalue weighted by Crippen LogP contribution is -2.25. The Bertz CT molecular complexity index is 1250. The van der Waals surface area contributed by atoms with Gasteiger partial charge in [-0.1, -0.05) is 42.5 Å². The van der Waals surface area contributed by atoms with E-state index in [0.29, 0.717) is 12.3 Å². The van der Waals surface area contributed by atoms with E-state index in [9.17, 15) is 4.79 Å². The molecule has 0 bridgehead atoms. The first kappa shape index (κ1) is 20.0. The van der Waals surface area contributed by atoms with Crippen LogP contribution in [0.15, 0.2) is 72.9 Å². The molecule has 1 amide bonds. The van der Waals surface area contributed by atoms with Crippen LogP contribution in [-0.4, -0.2) is 24.8 Å². The molecule has 5 rings (SSSR count). The maximum Gasteiger partial charge on any atom is 0.231 e. The predicted molar refractivity (Wildman–Crippen MR) is 122 cm³/mol. The molecule has 0 aliphatic carbocycles. The second-order valence-corrected chi connectivity index (χ2v) is 7.76. The summed E-state index contributed by atoms with van der Waals surface area (Å²) in [5.74, 6) is 1.97. The van der Waals surface area contributed by atoms with Gasteiger partial charge in [0, 0.05) is 36.0 Å². The Kier molecular flexibility index (Phi) is 5.42. The van der Waals surface area contributed by atoms with Gasteiger partial charge in [0.2, 0.25) is 12.7 Å². The van der Waals surface area contributed by atoms with Crippen LogP contribution in [0.5, 0.6) is 17.2 Å². The van der Waals surface area contributed by atoms with Gasteiger partial charge >= 0.3 is 0 Å². The summed E-state index contributed by atoms with van der Waals surface area (Å²) in [6.45, 7) is 0.701. The van der Waals surface area contributed by atoms with Crippen LogP contribution in [-0.2, 0) is 11.3 Å². The van der Waals surface area contributed by atoms with Gasteiger partial charge in [-0.25, -0.2) is 0 Å². The van der Waals surface area contributed by atoms with Gasteiger partial charge in [-0.3, -0.25) is 4.79 Å². The highest BCUT2D eigenvalue weighted by molar-refractivity contribution is 5.91. The molecule has 1 atom stereocenters. The van der Waals surface area contributed by atoms with Crippen LogP contribution in [0.4, 0.5) is 0 Å². The number of ether oxygens (including phenoxy) is 3. The van der Waals surface area contributed by atoms with Crippen LogP contribution in [0.2, 0.25) is 0 Å². The number of rotatable bonds is 7. The lowest BCUT2D eigenvalue weighted by molar-refractivity contribution is -0.121. The topological polar surface area (TPSA) is 72.6 Å². The van der Waals surface area contributed by atoms with E-state index in [-0.39, 0.29) is 25.0 Å². The maximum atomic E-state index is 13.0. The monoisotopic (exact) mass is 428 g/mol. The minimum absolute atomic E-state index is 0.0271. The molecule has 0 spiro atoms. The largest absolute Gasteiger partial charge is 0.496 e. The fraction of sp³-hybridized carbons (Fsp3) is 0.192. The van der Waals surface area contributed by atoms with Crippen LogP contribution in [0.3, 0.4) is 0 Å². The molecular weight excluding hydrogens is 404 g/mol. The summed E-state index contributed by atoms with van der Waals surface area (Å²) in [6, 6.07) is 21.7. The summed E-state index contributed by atoms with van der Waals surface area (Å²) in [5, 5.41) is 4.03. The minimum atomic E-state index is -0.190. The highest BCUT2D eigenvalue weighted by Crippen LogP contribution is 2.41. The molecule has 6 heteroatoms. The van der Waals surface area contributed by atoms with Crippen LogP contribution in [0.1, 0.15) is 29.0 Å². The average Bonchev–Trinajstić information content (AvgIpc) is 3.48. The maximum absolute atomic E-state index is 13.0. The quantitative estimate of drug-likeness (QED) is 0.446. The Balaban J connectivity index is 1.49. The molecular formula is C26H24N2O4. The first-order chi connectivity index (χ1) is 15.7. The van der Waals surface area contributed by atoms with Crippen molar-refractivity contribution in [3.8, 4) is 17.2 Å². The molecule has 6 nitrogen and oxygen atoms in total. The zero-order chi connectivity index (χ0) is 21.9. The standard InChI is InChI=1S/C26H24N2O4/c1-30-23-9-5-8-21-26(23)20(15-27-21)19(18-10-11-22-24(12-18)32-16-31-22)13-25(29)28-14-17-6-3-2-4-7-17/h2-12,15,19,27H,13-14,16H2,1H3,(H,28,29)/t19-/m1/s1. The third-order valence-electron chi connectivity index (χ3n) is 5.81. The summed E-state index contributed by atoms with van der Waals surface area (Å²) in [5.41, 5.74) is 4.02. The summed E-state index contributed by atoms with van der Waals surface area (Å²) in [4.78, 5) is 16.3. The SMILES string of the molecule is COc1cccc2[nH]cc([C@H](CC(=O)NCc3ccccc3)c3ccc4c(c3)OCO4)c12. The molecule has 1 aliphatic heterocycles. The first-order valence-corrected chi connectivity index (χ1v) is 10.6. The number of amides is 1. The van der Waals surface area contributed by atoms with Crippen molar-refractivity contribution in [2.75, 3.05) is 13.9 Å². The number of aromatic nitrogens is 1. The number of methoxy groups -OCH3 is 1. The lowest BCUT2D eigenvalue weighted by atomic mass is 9.87. The van der Waals surface area contributed by atoms with Gasteiger partial charge < -0.3 is 24.5 Å². The Hall–Kier alpha value is -3.93. The van der Waals surface area contributed by atoms with Crippen molar-refractivity contribution in [3.05, 3.63) is 89.6 Å². The van der Waals surface area contributed by atoms with Crippen molar-refractivity contribution < 1.29 is 19.0 Å². The van der Waals surface area contributed by atoms with E-state index in [1.165, 1.54) is 0 Å². The smallest absolute Gasteiger partial charge is 0.231 e. The van der Waals surface area contributed by atoms with E-state index in [1.807, 2.05) is 72.9 Å². The van der Waals surface area contributed by atoms with Gasteiger partial charge in [-0.15, -0.1) is 0 Å². The second kappa shape index (κ2) is 8.67. The number of hydrogen-bond acceptors (Lipinski definition) is 4. The normalized spacial score (nSPS) is 13.2. The summed E-state index contributed by atoms with van der Waals surface area (Å²) < 4.78 is 16.7. The Morgan fingerprint density at radius 2 is 1.91 bits per heavy atom. The molecule has 0 radical (unpaired) electrons. The van der Waals surface area contributed by atoms with Crippen LogP contribution >= 0.6 is 0 Å². The Labute approximate surface area is 186 Å². The predicted octanol–water partition coefficient (Wildman–Crippen LogP) is 4.74. The molecule has 0 unspecified atom stereocenters. The minimum Gasteiger partial charge on any atom is -0.496 e. The molecule has 1 aliphatic rings. The Morgan fingerprint density at radius 3 is 2.75 bits per heavy atom. The van der Waals surface area contributed by atoms with Crippen molar-refractivity contribution in [1.82, 2.24) is 10.3 Å². The van der Waals surface area contributed by atoms with E-state index < -0.39 is 0 Å². The van der Waals surface area contributed by atoms with Crippen molar-refractivity contribution in [2.24, 2.45) is 0 Å². The van der Waals surface area contributed by atoms with E-state index in [2.05, 4.69) is 10.3 Å². The number of hydrogen-bond donors (Lipinski definition) is 2. The van der Waals surface area contributed by atoms with Gasteiger partial charge in [-0.05, 0) is 41.0 Å². The molecule has 2 heterocycles. The number of fused-ring (bicyclic) bond motifs is 2. The number of aromatic amines is 1. The van der Waals surface area contributed by atoms with Crippen molar-refractivity contribution in [2.45, 2.75) is 18.9 Å². The average molecular weight is 428 g/mol. The molecule has 32 heavy (non-hydrogen) atoms. The number of nitrogens with one attached hydrogen (secondary N) is 2. The van der Waals surface area contributed by atoms with Crippen LogP contribution in [0, 0.1) is 0 Å². The van der Waals surface area contributed by atoms with Gasteiger partial charge in [0.05, 0.1) is 7.11 Å². The number of H-pyrrole nitrogens is 1. The molecule has 1 aromatic heterocycles. The van der Waals surface area contributed by atoms with Gasteiger partial charge in [0.25, 0.3) is 0 Å². The molecule has 0 saturated heterocycles.